The summed E-state index contributed by atoms with van der Waals surface area (Å²) in [4.78, 5) is 12.9. The van der Waals surface area contributed by atoms with Crippen LogP contribution in [0.4, 0.5) is 0 Å². The molecular weight excluding hydrogens is 312 g/mol. The topological polar surface area (TPSA) is 41.1 Å². The van der Waals surface area contributed by atoms with Gasteiger partial charge in [0.05, 0.1) is 8.66 Å². The molecule has 0 atom stereocenters. The summed E-state index contributed by atoms with van der Waals surface area (Å²) in [7, 11) is 2.01. The maximum absolute atomic E-state index is 12.1. The summed E-state index contributed by atoms with van der Waals surface area (Å²) in [6, 6.07) is 2.91. The molecular formula is C13H19BrN2OS. The van der Waals surface area contributed by atoms with Gasteiger partial charge < -0.3 is 10.6 Å². The molecule has 0 unspecified atom stereocenters. The Bertz CT molecular complexity index is 405. The minimum atomic E-state index is 0.0710. The molecule has 5 heteroatoms. The summed E-state index contributed by atoms with van der Waals surface area (Å²) in [5, 5.41) is 6.45. The molecule has 0 bridgehead atoms. The van der Waals surface area contributed by atoms with E-state index in [1.54, 1.807) is 0 Å². The molecule has 100 valence electrons. The molecule has 1 aliphatic rings. The van der Waals surface area contributed by atoms with Crippen LogP contribution in [0.15, 0.2) is 9.85 Å². The Labute approximate surface area is 120 Å². The molecule has 0 saturated heterocycles. The van der Waals surface area contributed by atoms with Crippen LogP contribution >= 0.6 is 27.3 Å². The lowest BCUT2D eigenvalue weighted by molar-refractivity contribution is 0.0929. The molecule has 1 heterocycles. The number of halogens is 1. The maximum Gasteiger partial charge on any atom is 0.261 e. The lowest BCUT2D eigenvalue weighted by Crippen LogP contribution is -2.41. The molecule has 0 radical (unpaired) electrons. The SMILES string of the molecule is CNC1CCC(NC(=O)c2cc(C)c(Br)s2)CC1. The lowest BCUT2D eigenvalue weighted by Gasteiger charge is -2.28. The van der Waals surface area contributed by atoms with Crippen LogP contribution in [0.2, 0.25) is 0 Å². The summed E-state index contributed by atoms with van der Waals surface area (Å²) in [6.45, 7) is 2.01. The van der Waals surface area contributed by atoms with Crippen molar-refractivity contribution in [3.05, 3.63) is 20.3 Å². The number of amides is 1. The molecule has 1 fully saturated rings. The summed E-state index contributed by atoms with van der Waals surface area (Å²) < 4.78 is 1.05. The van der Waals surface area contributed by atoms with Crippen molar-refractivity contribution < 1.29 is 4.79 Å². The normalized spacial score (nSPS) is 23.9. The third-order valence-electron chi connectivity index (χ3n) is 3.55. The number of aryl methyl sites for hydroxylation is 1. The number of carbonyl (C=O) groups excluding carboxylic acids is 1. The van der Waals surface area contributed by atoms with E-state index >= 15 is 0 Å². The van der Waals surface area contributed by atoms with Gasteiger partial charge in [0.1, 0.15) is 0 Å². The standard InChI is InChI=1S/C13H19BrN2OS/c1-8-7-11(18-12(8)14)13(17)16-10-5-3-9(15-2)4-6-10/h7,9-10,15H,3-6H2,1-2H3,(H,16,17). The van der Waals surface area contributed by atoms with Crippen LogP contribution in [0.3, 0.4) is 0 Å². The van der Waals surface area contributed by atoms with Crippen LogP contribution in [0.5, 0.6) is 0 Å². The molecule has 0 aromatic carbocycles. The molecule has 0 spiro atoms. The molecule has 2 rings (SSSR count). The van der Waals surface area contributed by atoms with Crippen LogP contribution in [0, 0.1) is 6.92 Å². The highest BCUT2D eigenvalue weighted by atomic mass is 79.9. The van der Waals surface area contributed by atoms with Crippen molar-refractivity contribution in [3.8, 4) is 0 Å². The van der Waals surface area contributed by atoms with E-state index in [1.807, 2.05) is 20.0 Å². The maximum atomic E-state index is 12.1. The van der Waals surface area contributed by atoms with Gasteiger partial charge in [-0.05, 0) is 67.2 Å². The van der Waals surface area contributed by atoms with E-state index in [4.69, 9.17) is 0 Å². The zero-order valence-corrected chi connectivity index (χ0v) is 13.2. The number of hydrogen-bond acceptors (Lipinski definition) is 3. The summed E-state index contributed by atoms with van der Waals surface area (Å²) in [5.74, 6) is 0.0710. The Balaban J connectivity index is 1.88. The number of thiophene rings is 1. The largest absolute Gasteiger partial charge is 0.349 e. The Hall–Kier alpha value is -0.390. The van der Waals surface area contributed by atoms with E-state index in [0.717, 1.165) is 39.9 Å². The minimum absolute atomic E-state index is 0.0710. The zero-order valence-electron chi connectivity index (χ0n) is 10.8. The van der Waals surface area contributed by atoms with E-state index in [9.17, 15) is 4.79 Å². The van der Waals surface area contributed by atoms with Gasteiger partial charge in [-0.3, -0.25) is 4.79 Å². The highest BCUT2D eigenvalue weighted by Crippen LogP contribution is 2.27. The number of carbonyl (C=O) groups is 1. The van der Waals surface area contributed by atoms with Gasteiger partial charge in [-0.1, -0.05) is 0 Å². The molecule has 1 amide bonds. The second-order valence-electron chi connectivity index (χ2n) is 4.88. The smallest absolute Gasteiger partial charge is 0.261 e. The van der Waals surface area contributed by atoms with Gasteiger partial charge in [0.15, 0.2) is 0 Å². The van der Waals surface area contributed by atoms with Crippen LogP contribution in [-0.2, 0) is 0 Å². The second-order valence-corrected chi connectivity index (χ2v) is 7.25. The van der Waals surface area contributed by atoms with Crippen LogP contribution in [0.1, 0.15) is 40.9 Å². The molecule has 18 heavy (non-hydrogen) atoms. The quantitative estimate of drug-likeness (QED) is 0.894. The first-order valence-corrected chi connectivity index (χ1v) is 7.95. The Morgan fingerprint density at radius 2 is 1.94 bits per heavy atom. The predicted octanol–water partition coefficient (Wildman–Crippen LogP) is 3.08. The zero-order chi connectivity index (χ0) is 13.1. The molecule has 1 aromatic heterocycles. The fourth-order valence-corrected chi connectivity index (χ4v) is 3.79. The van der Waals surface area contributed by atoms with E-state index in [1.165, 1.54) is 11.3 Å². The van der Waals surface area contributed by atoms with Gasteiger partial charge in [-0.15, -0.1) is 11.3 Å². The summed E-state index contributed by atoms with van der Waals surface area (Å²) >= 11 is 4.97. The van der Waals surface area contributed by atoms with Gasteiger partial charge in [-0.2, -0.15) is 0 Å². The van der Waals surface area contributed by atoms with Crippen molar-refractivity contribution in [3.63, 3.8) is 0 Å². The van der Waals surface area contributed by atoms with E-state index in [0.29, 0.717) is 12.1 Å². The summed E-state index contributed by atoms with van der Waals surface area (Å²) in [5.41, 5.74) is 1.13. The van der Waals surface area contributed by atoms with Gasteiger partial charge in [0.25, 0.3) is 5.91 Å². The fourth-order valence-electron chi connectivity index (χ4n) is 2.35. The molecule has 0 aliphatic heterocycles. The van der Waals surface area contributed by atoms with Crippen LogP contribution < -0.4 is 10.6 Å². The average molecular weight is 331 g/mol. The van der Waals surface area contributed by atoms with Gasteiger partial charge in [0, 0.05) is 12.1 Å². The van der Waals surface area contributed by atoms with E-state index < -0.39 is 0 Å². The van der Waals surface area contributed by atoms with Crippen LogP contribution in [0.25, 0.3) is 0 Å². The molecule has 3 nitrogen and oxygen atoms in total. The van der Waals surface area contributed by atoms with Crippen molar-refractivity contribution in [2.75, 3.05) is 7.05 Å². The van der Waals surface area contributed by atoms with Crippen molar-refractivity contribution >= 4 is 33.2 Å². The van der Waals surface area contributed by atoms with Gasteiger partial charge in [0.2, 0.25) is 0 Å². The molecule has 1 aliphatic carbocycles. The van der Waals surface area contributed by atoms with Crippen molar-refractivity contribution in [2.24, 2.45) is 0 Å². The Morgan fingerprint density at radius 3 is 2.44 bits per heavy atom. The first-order valence-electron chi connectivity index (χ1n) is 6.34. The van der Waals surface area contributed by atoms with Crippen molar-refractivity contribution in [2.45, 2.75) is 44.7 Å². The highest BCUT2D eigenvalue weighted by Gasteiger charge is 2.22. The molecule has 2 N–H and O–H groups in total. The average Bonchev–Trinajstić information content (AvgIpc) is 2.71. The van der Waals surface area contributed by atoms with E-state index in [-0.39, 0.29) is 5.91 Å². The third-order valence-corrected chi connectivity index (χ3v) is 5.69. The van der Waals surface area contributed by atoms with Crippen LogP contribution in [-0.4, -0.2) is 25.0 Å². The minimum Gasteiger partial charge on any atom is -0.349 e. The number of nitrogens with one attached hydrogen (secondary N) is 2. The Kier molecular flexibility index (Phi) is 4.81. The third kappa shape index (κ3) is 3.33. The molecule has 1 saturated carbocycles. The highest BCUT2D eigenvalue weighted by molar-refractivity contribution is 9.11. The van der Waals surface area contributed by atoms with Crippen molar-refractivity contribution in [1.29, 1.82) is 0 Å². The second kappa shape index (κ2) is 6.17. The Morgan fingerprint density at radius 1 is 1.33 bits per heavy atom. The number of hydrogen-bond donors (Lipinski definition) is 2. The number of rotatable bonds is 3. The predicted molar refractivity (Wildman–Crippen MR) is 79.3 cm³/mol. The summed E-state index contributed by atoms with van der Waals surface area (Å²) in [6.07, 6.45) is 4.44. The van der Waals surface area contributed by atoms with E-state index in [2.05, 4.69) is 26.6 Å². The monoisotopic (exact) mass is 330 g/mol. The fraction of sp³-hybridized carbons (Fsp3) is 0.615. The lowest BCUT2D eigenvalue weighted by atomic mass is 9.91. The first-order chi connectivity index (χ1) is 8.60. The molecule has 1 aromatic rings. The first kappa shape index (κ1) is 14.0. The van der Waals surface area contributed by atoms with Gasteiger partial charge in [-0.25, -0.2) is 0 Å². The van der Waals surface area contributed by atoms with Gasteiger partial charge >= 0.3 is 0 Å². The van der Waals surface area contributed by atoms with Crippen molar-refractivity contribution in [1.82, 2.24) is 10.6 Å².